The van der Waals surface area contributed by atoms with Gasteiger partial charge in [-0.15, -0.1) is 11.3 Å². The Kier molecular flexibility index (Phi) is 4.44. The van der Waals surface area contributed by atoms with E-state index >= 15 is 0 Å². The lowest BCUT2D eigenvalue weighted by atomic mass is 10.1. The molecular formula is C14H17FN2S. The first-order valence-corrected chi connectivity index (χ1v) is 6.89. The van der Waals surface area contributed by atoms with Crippen LogP contribution < -0.4 is 5.32 Å². The molecule has 0 radical (unpaired) electrons. The lowest BCUT2D eigenvalue weighted by Gasteiger charge is -2.07. The van der Waals surface area contributed by atoms with Gasteiger partial charge in [-0.3, -0.25) is 0 Å². The molecule has 2 aromatic rings. The van der Waals surface area contributed by atoms with Crippen LogP contribution in [0.5, 0.6) is 0 Å². The van der Waals surface area contributed by atoms with Gasteiger partial charge in [0, 0.05) is 11.4 Å². The van der Waals surface area contributed by atoms with Crippen LogP contribution >= 0.6 is 11.3 Å². The second-order valence-corrected chi connectivity index (χ2v) is 5.30. The molecule has 0 aliphatic rings. The Labute approximate surface area is 111 Å². The van der Waals surface area contributed by atoms with E-state index in [1.165, 1.54) is 16.5 Å². The topological polar surface area (TPSA) is 24.9 Å². The number of hydrogen-bond acceptors (Lipinski definition) is 3. The Morgan fingerprint density at radius 3 is 2.83 bits per heavy atom. The average molecular weight is 264 g/mol. The summed E-state index contributed by atoms with van der Waals surface area (Å²) in [6.45, 7) is 5.73. The molecule has 0 amide bonds. The predicted octanol–water partition coefficient (Wildman–Crippen LogP) is 3.23. The Morgan fingerprint density at radius 2 is 2.17 bits per heavy atom. The number of rotatable bonds is 5. The number of nitrogens with one attached hydrogen (secondary N) is 1. The summed E-state index contributed by atoms with van der Waals surface area (Å²) in [6, 6.07) is 4.97. The van der Waals surface area contributed by atoms with E-state index in [4.69, 9.17) is 0 Å². The molecule has 96 valence electrons. The number of hydrogen-bond donors (Lipinski definition) is 1. The second kappa shape index (κ2) is 6.07. The number of nitrogens with zero attached hydrogens (tertiary/aromatic N) is 1. The quantitative estimate of drug-likeness (QED) is 0.839. The summed E-state index contributed by atoms with van der Waals surface area (Å²) in [6.07, 6.45) is 0.921. The smallest absolute Gasteiger partial charge is 0.123 e. The zero-order valence-electron chi connectivity index (χ0n) is 10.7. The molecule has 0 atom stereocenters. The largest absolute Gasteiger partial charge is 0.311 e. The van der Waals surface area contributed by atoms with E-state index in [9.17, 15) is 4.39 Å². The third-order valence-electron chi connectivity index (χ3n) is 3.01. The van der Waals surface area contributed by atoms with Crippen LogP contribution in [0.2, 0.25) is 0 Å². The van der Waals surface area contributed by atoms with Gasteiger partial charge in [-0.1, -0.05) is 6.07 Å². The summed E-state index contributed by atoms with van der Waals surface area (Å²) < 4.78 is 12.9. The van der Waals surface area contributed by atoms with E-state index in [1.807, 2.05) is 25.4 Å². The van der Waals surface area contributed by atoms with Crippen molar-refractivity contribution in [1.82, 2.24) is 10.3 Å². The van der Waals surface area contributed by atoms with Gasteiger partial charge in [-0.2, -0.15) is 0 Å². The first kappa shape index (κ1) is 13.2. The molecule has 0 unspecified atom stereocenters. The molecular weight excluding hydrogens is 247 g/mol. The maximum atomic E-state index is 12.9. The van der Waals surface area contributed by atoms with E-state index in [1.54, 1.807) is 17.4 Å². The van der Waals surface area contributed by atoms with Crippen molar-refractivity contribution in [3.05, 3.63) is 51.2 Å². The molecule has 1 N–H and O–H groups in total. The maximum absolute atomic E-state index is 12.9. The minimum absolute atomic E-state index is 0.163. The van der Waals surface area contributed by atoms with Crippen LogP contribution in [0, 0.1) is 19.7 Å². The van der Waals surface area contributed by atoms with Crippen LogP contribution in [0.1, 0.15) is 21.7 Å². The SMILES string of the molecule is Cc1cc(F)ccc1CCNCc1scnc1C. The molecule has 18 heavy (non-hydrogen) atoms. The van der Waals surface area contributed by atoms with Crippen molar-refractivity contribution in [2.45, 2.75) is 26.8 Å². The third-order valence-corrected chi connectivity index (χ3v) is 3.94. The Hall–Kier alpha value is -1.26. The fraction of sp³-hybridized carbons (Fsp3) is 0.357. The van der Waals surface area contributed by atoms with Gasteiger partial charge in [-0.05, 0) is 50.1 Å². The molecule has 2 rings (SSSR count). The van der Waals surface area contributed by atoms with Crippen LogP contribution in [-0.4, -0.2) is 11.5 Å². The number of benzene rings is 1. The van der Waals surface area contributed by atoms with Gasteiger partial charge in [0.25, 0.3) is 0 Å². The lowest BCUT2D eigenvalue weighted by Crippen LogP contribution is -2.17. The van der Waals surface area contributed by atoms with Crippen LogP contribution in [-0.2, 0) is 13.0 Å². The predicted molar refractivity (Wildman–Crippen MR) is 73.4 cm³/mol. The van der Waals surface area contributed by atoms with Gasteiger partial charge in [-0.25, -0.2) is 9.37 Å². The molecule has 2 nitrogen and oxygen atoms in total. The fourth-order valence-corrected chi connectivity index (χ4v) is 2.61. The summed E-state index contributed by atoms with van der Waals surface area (Å²) in [4.78, 5) is 5.50. The van der Waals surface area contributed by atoms with Gasteiger partial charge in [0.05, 0.1) is 11.2 Å². The summed E-state index contributed by atoms with van der Waals surface area (Å²) in [5.41, 5.74) is 5.19. The summed E-state index contributed by atoms with van der Waals surface area (Å²) in [5, 5.41) is 3.40. The normalized spacial score (nSPS) is 10.8. The van der Waals surface area contributed by atoms with Gasteiger partial charge in [0.15, 0.2) is 0 Å². The number of aryl methyl sites for hydroxylation is 2. The van der Waals surface area contributed by atoms with Crippen molar-refractivity contribution < 1.29 is 4.39 Å². The summed E-state index contributed by atoms with van der Waals surface area (Å²) in [7, 11) is 0. The monoisotopic (exact) mass is 264 g/mol. The first-order valence-electron chi connectivity index (χ1n) is 6.01. The van der Waals surface area contributed by atoms with E-state index in [-0.39, 0.29) is 5.82 Å². The fourth-order valence-electron chi connectivity index (χ4n) is 1.86. The molecule has 0 fully saturated rings. The van der Waals surface area contributed by atoms with Crippen molar-refractivity contribution in [2.75, 3.05) is 6.54 Å². The molecule has 1 aromatic heterocycles. The summed E-state index contributed by atoms with van der Waals surface area (Å²) in [5.74, 6) is -0.163. The highest BCUT2D eigenvalue weighted by molar-refractivity contribution is 7.09. The second-order valence-electron chi connectivity index (χ2n) is 4.36. The van der Waals surface area contributed by atoms with Crippen molar-refractivity contribution in [3.8, 4) is 0 Å². The summed E-state index contributed by atoms with van der Waals surface area (Å²) >= 11 is 1.68. The minimum Gasteiger partial charge on any atom is -0.311 e. The number of thiazole rings is 1. The van der Waals surface area contributed by atoms with E-state index in [0.29, 0.717) is 0 Å². The van der Waals surface area contributed by atoms with Gasteiger partial charge in [0.1, 0.15) is 5.82 Å². The van der Waals surface area contributed by atoms with Crippen molar-refractivity contribution in [3.63, 3.8) is 0 Å². The Morgan fingerprint density at radius 1 is 1.33 bits per heavy atom. The molecule has 4 heteroatoms. The van der Waals surface area contributed by atoms with E-state index < -0.39 is 0 Å². The highest BCUT2D eigenvalue weighted by Gasteiger charge is 2.02. The van der Waals surface area contributed by atoms with Crippen LogP contribution in [0.4, 0.5) is 4.39 Å². The number of aromatic nitrogens is 1. The standard InChI is InChI=1S/C14H17FN2S/c1-10-7-13(15)4-3-12(10)5-6-16-8-14-11(2)17-9-18-14/h3-4,7,9,16H,5-6,8H2,1-2H3. The molecule has 1 aromatic carbocycles. The highest BCUT2D eigenvalue weighted by atomic mass is 32.1. The lowest BCUT2D eigenvalue weighted by molar-refractivity contribution is 0.624. The van der Waals surface area contributed by atoms with Crippen molar-refractivity contribution >= 4 is 11.3 Å². The Balaban J connectivity index is 1.80. The maximum Gasteiger partial charge on any atom is 0.123 e. The van der Waals surface area contributed by atoms with Crippen molar-refractivity contribution in [2.24, 2.45) is 0 Å². The molecule has 1 heterocycles. The minimum atomic E-state index is -0.163. The average Bonchev–Trinajstić information content (AvgIpc) is 2.73. The molecule has 0 spiro atoms. The highest BCUT2D eigenvalue weighted by Crippen LogP contribution is 2.12. The molecule has 0 aliphatic carbocycles. The Bertz CT molecular complexity index is 522. The van der Waals surface area contributed by atoms with Crippen LogP contribution in [0.15, 0.2) is 23.7 Å². The van der Waals surface area contributed by atoms with Gasteiger partial charge >= 0.3 is 0 Å². The van der Waals surface area contributed by atoms with E-state index in [2.05, 4.69) is 10.3 Å². The van der Waals surface area contributed by atoms with Crippen LogP contribution in [0.3, 0.4) is 0 Å². The molecule has 0 aliphatic heterocycles. The zero-order chi connectivity index (χ0) is 13.0. The first-order chi connectivity index (χ1) is 8.66. The molecule has 0 saturated heterocycles. The third kappa shape index (κ3) is 3.37. The molecule has 0 bridgehead atoms. The van der Waals surface area contributed by atoms with Gasteiger partial charge in [0.2, 0.25) is 0 Å². The van der Waals surface area contributed by atoms with Crippen molar-refractivity contribution in [1.29, 1.82) is 0 Å². The van der Waals surface area contributed by atoms with E-state index in [0.717, 1.165) is 30.8 Å². The van der Waals surface area contributed by atoms with Crippen LogP contribution in [0.25, 0.3) is 0 Å². The molecule has 0 saturated carbocycles. The van der Waals surface area contributed by atoms with Gasteiger partial charge < -0.3 is 5.32 Å². The number of halogens is 1. The zero-order valence-corrected chi connectivity index (χ0v) is 11.5.